The second-order valence-electron chi connectivity index (χ2n) is 6.56. The highest BCUT2D eigenvalue weighted by Crippen LogP contribution is 2.46. The predicted molar refractivity (Wildman–Crippen MR) is 91.5 cm³/mol. The number of fused-ring (bicyclic) bond motifs is 2. The van der Waals surface area contributed by atoms with Gasteiger partial charge in [0.25, 0.3) is 0 Å². The summed E-state index contributed by atoms with van der Waals surface area (Å²) in [6, 6.07) is 5.99. The number of terminal acetylenes is 1. The number of nitrogens with one attached hydrogen (secondary N) is 1. The van der Waals surface area contributed by atoms with Crippen molar-refractivity contribution >= 4 is 11.6 Å². The van der Waals surface area contributed by atoms with Gasteiger partial charge in [0.1, 0.15) is 0 Å². The van der Waals surface area contributed by atoms with Gasteiger partial charge in [-0.2, -0.15) is 0 Å². The third-order valence-electron chi connectivity index (χ3n) is 4.96. The molecule has 0 radical (unpaired) electrons. The van der Waals surface area contributed by atoms with E-state index in [9.17, 15) is 0 Å². The molecule has 1 spiro atoms. The lowest BCUT2D eigenvalue weighted by Gasteiger charge is -2.46. The zero-order valence-corrected chi connectivity index (χ0v) is 14.3. The standard InChI is InChI=1S/C18H19ClN4O/c1-3-14-9-18(10-16(20-14)17-11-23(2)22-21-17)15-8-13(19)5-4-12(15)6-7-24-18/h1,4-5,8,11,14,16,20H,6-7,9-10H2,2H3/t14-,16-,18-/m0/s1. The van der Waals surface area contributed by atoms with E-state index in [1.54, 1.807) is 4.68 Å². The molecule has 3 atom stereocenters. The molecule has 1 N–H and O–H groups in total. The fourth-order valence-electron chi connectivity index (χ4n) is 3.89. The molecule has 0 aliphatic carbocycles. The minimum absolute atomic E-state index is 0.00145. The van der Waals surface area contributed by atoms with Crippen LogP contribution in [-0.4, -0.2) is 27.6 Å². The van der Waals surface area contributed by atoms with Crippen molar-refractivity contribution in [2.75, 3.05) is 6.61 Å². The van der Waals surface area contributed by atoms with Crippen LogP contribution < -0.4 is 5.32 Å². The average Bonchev–Trinajstić information content (AvgIpc) is 3.02. The molecule has 0 bridgehead atoms. The smallest absolute Gasteiger partial charge is 0.0997 e. The molecule has 124 valence electrons. The Labute approximate surface area is 146 Å². The van der Waals surface area contributed by atoms with E-state index >= 15 is 0 Å². The van der Waals surface area contributed by atoms with E-state index in [0.29, 0.717) is 6.61 Å². The maximum atomic E-state index is 6.33. The molecule has 2 aliphatic rings. The molecule has 2 aliphatic heterocycles. The highest BCUT2D eigenvalue weighted by Gasteiger charge is 2.46. The molecule has 4 rings (SSSR count). The van der Waals surface area contributed by atoms with Crippen LogP contribution >= 0.6 is 11.6 Å². The average molecular weight is 343 g/mol. The highest BCUT2D eigenvalue weighted by molar-refractivity contribution is 6.30. The Hall–Kier alpha value is -1.87. The van der Waals surface area contributed by atoms with Crippen molar-refractivity contribution < 1.29 is 4.74 Å². The summed E-state index contributed by atoms with van der Waals surface area (Å²) in [6.45, 7) is 0.694. The van der Waals surface area contributed by atoms with Gasteiger partial charge in [0.2, 0.25) is 0 Å². The van der Waals surface area contributed by atoms with Gasteiger partial charge in [-0.3, -0.25) is 10.00 Å². The second kappa shape index (κ2) is 5.89. The topological polar surface area (TPSA) is 52.0 Å². The first-order chi connectivity index (χ1) is 11.6. The van der Waals surface area contributed by atoms with Gasteiger partial charge in [0, 0.05) is 31.1 Å². The number of nitrogens with zero attached hydrogens (tertiary/aromatic N) is 3. The first-order valence-corrected chi connectivity index (χ1v) is 8.49. The second-order valence-corrected chi connectivity index (χ2v) is 6.99. The van der Waals surface area contributed by atoms with E-state index in [0.717, 1.165) is 35.5 Å². The van der Waals surface area contributed by atoms with Crippen LogP contribution in [0.4, 0.5) is 0 Å². The van der Waals surface area contributed by atoms with Gasteiger partial charge in [-0.05, 0) is 29.7 Å². The van der Waals surface area contributed by atoms with Crippen LogP contribution in [-0.2, 0) is 23.8 Å². The number of benzene rings is 1. The normalized spacial score (nSPS) is 29.2. The number of aromatic nitrogens is 3. The molecule has 1 saturated heterocycles. The summed E-state index contributed by atoms with van der Waals surface area (Å²) in [7, 11) is 1.86. The molecule has 3 heterocycles. The van der Waals surface area contributed by atoms with E-state index in [1.165, 1.54) is 5.56 Å². The number of ether oxygens (including phenoxy) is 1. The summed E-state index contributed by atoms with van der Waals surface area (Å²) in [5.41, 5.74) is 2.91. The molecule has 6 heteroatoms. The van der Waals surface area contributed by atoms with Crippen molar-refractivity contribution in [3.63, 3.8) is 0 Å². The zero-order valence-electron chi connectivity index (χ0n) is 13.5. The quantitative estimate of drug-likeness (QED) is 0.808. The minimum Gasteiger partial charge on any atom is -0.370 e. The largest absolute Gasteiger partial charge is 0.370 e. The SMILES string of the molecule is C#C[C@H]1C[C@@]2(C[C@@H](c3cn(C)nn3)N1)OCCc1ccc(Cl)cc12. The fourth-order valence-corrected chi connectivity index (χ4v) is 4.06. The molecule has 1 aromatic carbocycles. The molecule has 0 unspecified atom stereocenters. The van der Waals surface area contributed by atoms with Crippen molar-refractivity contribution in [3.05, 3.63) is 46.2 Å². The van der Waals surface area contributed by atoms with Crippen molar-refractivity contribution in [2.24, 2.45) is 7.05 Å². The summed E-state index contributed by atoms with van der Waals surface area (Å²) in [6.07, 6.45) is 10.1. The summed E-state index contributed by atoms with van der Waals surface area (Å²) in [5, 5.41) is 12.5. The van der Waals surface area contributed by atoms with E-state index in [2.05, 4.69) is 27.6 Å². The molecule has 0 amide bonds. The molecular weight excluding hydrogens is 324 g/mol. The van der Waals surface area contributed by atoms with Crippen molar-refractivity contribution in [1.82, 2.24) is 20.3 Å². The summed E-state index contributed by atoms with van der Waals surface area (Å²) in [5.74, 6) is 2.85. The van der Waals surface area contributed by atoms with E-state index < -0.39 is 5.60 Å². The molecular formula is C18H19ClN4O. The Morgan fingerprint density at radius 3 is 3.08 bits per heavy atom. The predicted octanol–water partition coefficient (Wildman–Crippen LogP) is 2.36. The summed E-state index contributed by atoms with van der Waals surface area (Å²) >= 11 is 6.27. The Balaban J connectivity index is 1.77. The molecule has 5 nitrogen and oxygen atoms in total. The Bertz CT molecular complexity index is 812. The van der Waals surface area contributed by atoms with Crippen LogP contribution in [0.5, 0.6) is 0 Å². The van der Waals surface area contributed by atoms with Gasteiger partial charge in [-0.15, -0.1) is 11.5 Å². The Morgan fingerprint density at radius 2 is 2.33 bits per heavy atom. The number of piperidine rings is 1. The first-order valence-electron chi connectivity index (χ1n) is 8.11. The van der Waals surface area contributed by atoms with Crippen LogP contribution in [0.2, 0.25) is 5.02 Å². The van der Waals surface area contributed by atoms with Crippen LogP contribution in [0, 0.1) is 12.3 Å². The first kappa shape index (κ1) is 15.6. The van der Waals surface area contributed by atoms with Gasteiger partial charge < -0.3 is 4.74 Å². The third kappa shape index (κ3) is 2.61. The van der Waals surface area contributed by atoms with Crippen molar-refractivity contribution in [2.45, 2.75) is 36.9 Å². The zero-order chi connectivity index (χ0) is 16.7. The monoisotopic (exact) mass is 342 g/mol. The molecule has 24 heavy (non-hydrogen) atoms. The summed E-state index contributed by atoms with van der Waals surface area (Å²) in [4.78, 5) is 0. The molecule has 1 aromatic heterocycles. The maximum Gasteiger partial charge on any atom is 0.0997 e. The molecule has 0 saturated carbocycles. The lowest BCUT2D eigenvalue weighted by molar-refractivity contribution is -0.0956. The van der Waals surface area contributed by atoms with Gasteiger partial charge in [-0.25, -0.2) is 0 Å². The number of hydrogen-bond donors (Lipinski definition) is 1. The lowest BCUT2D eigenvalue weighted by atomic mass is 9.74. The number of aryl methyl sites for hydroxylation is 1. The Morgan fingerprint density at radius 1 is 1.46 bits per heavy atom. The van der Waals surface area contributed by atoms with Crippen molar-refractivity contribution in [3.8, 4) is 12.3 Å². The third-order valence-corrected chi connectivity index (χ3v) is 5.20. The van der Waals surface area contributed by atoms with Gasteiger partial charge in [0.15, 0.2) is 0 Å². The number of rotatable bonds is 1. The van der Waals surface area contributed by atoms with E-state index in [-0.39, 0.29) is 12.1 Å². The minimum atomic E-state index is -0.428. The van der Waals surface area contributed by atoms with Crippen molar-refractivity contribution in [1.29, 1.82) is 0 Å². The van der Waals surface area contributed by atoms with Gasteiger partial charge >= 0.3 is 0 Å². The van der Waals surface area contributed by atoms with Crippen LogP contribution in [0.25, 0.3) is 0 Å². The van der Waals surface area contributed by atoms with Crippen LogP contribution in [0.15, 0.2) is 24.4 Å². The van der Waals surface area contributed by atoms with Crippen LogP contribution in [0.1, 0.15) is 35.7 Å². The lowest BCUT2D eigenvalue weighted by Crippen LogP contribution is -2.50. The highest BCUT2D eigenvalue weighted by atomic mass is 35.5. The van der Waals surface area contributed by atoms with E-state index in [4.69, 9.17) is 22.8 Å². The maximum absolute atomic E-state index is 6.33. The summed E-state index contributed by atoms with van der Waals surface area (Å²) < 4.78 is 8.03. The van der Waals surface area contributed by atoms with Gasteiger partial charge in [-0.1, -0.05) is 28.8 Å². The van der Waals surface area contributed by atoms with E-state index in [1.807, 2.05) is 25.4 Å². The molecule has 2 aromatic rings. The van der Waals surface area contributed by atoms with Crippen LogP contribution in [0.3, 0.4) is 0 Å². The number of hydrogen-bond acceptors (Lipinski definition) is 4. The van der Waals surface area contributed by atoms with Gasteiger partial charge in [0.05, 0.1) is 30.0 Å². The fraction of sp³-hybridized carbons (Fsp3) is 0.444. The molecule has 1 fully saturated rings. The number of halogens is 1. The Kier molecular flexibility index (Phi) is 3.84.